The number of nitrogens with one attached hydrogen (secondary N) is 1. The van der Waals surface area contributed by atoms with Crippen molar-refractivity contribution in [3.05, 3.63) is 70.8 Å². The maximum Gasteiger partial charge on any atom is 0.335 e. The first-order valence-corrected chi connectivity index (χ1v) is 8.54. The number of rotatable bonds is 6. The lowest BCUT2D eigenvalue weighted by atomic mass is 10.00. The van der Waals surface area contributed by atoms with Gasteiger partial charge in [-0.15, -0.1) is 0 Å². The fourth-order valence-electron chi connectivity index (χ4n) is 3.15. The number of carboxylic acid groups (broad SMARTS) is 1. The van der Waals surface area contributed by atoms with E-state index < -0.39 is 5.97 Å². The highest BCUT2D eigenvalue weighted by molar-refractivity contribution is 5.97. The Morgan fingerprint density at radius 1 is 1.04 bits per heavy atom. The van der Waals surface area contributed by atoms with Crippen molar-refractivity contribution in [2.24, 2.45) is 0 Å². The number of hydrogen-bond donors (Lipinski definition) is 2. The molecule has 0 spiro atoms. The first-order valence-electron chi connectivity index (χ1n) is 8.54. The maximum atomic E-state index is 12.1. The Labute approximate surface area is 147 Å². The fourth-order valence-corrected chi connectivity index (χ4v) is 3.15. The van der Waals surface area contributed by atoms with Gasteiger partial charge in [-0.05, 0) is 42.2 Å². The summed E-state index contributed by atoms with van der Waals surface area (Å²) >= 11 is 0. The van der Waals surface area contributed by atoms with Crippen molar-refractivity contribution in [3.8, 4) is 0 Å². The van der Waals surface area contributed by atoms with Crippen LogP contribution in [0.4, 0.5) is 0 Å². The molecule has 0 unspecified atom stereocenters. The lowest BCUT2D eigenvalue weighted by molar-refractivity contribution is 0.0697. The van der Waals surface area contributed by atoms with Crippen LogP contribution in [0.25, 0.3) is 0 Å². The number of hydrogen-bond acceptors (Lipinski definition) is 3. The number of aromatic carboxylic acids is 1. The predicted molar refractivity (Wildman–Crippen MR) is 95.8 cm³/mol. The Hall–Kier alpha value is -2.66. The second kappa shape index (κ2) is 7.94. The van der Waals surface area contributed by atoms with E-state index in [1.807, 2.05) is 0 Å². The van der Waals surface area contributed by atoms with Crippen molar-refractivity contribution in [1.29, 1.82) is 0 Å². The molecule has 130 valence electrons. The van der Waals surface area contributed by atoms with Crippen molar-refractivity contribution in [2.75, 3.05) is 19.6 Å². The largest absolute Gasteiger partial charge is 0.478 e. The van der Waals surface area contributed by atoms with Crippen molar-refractivity contribution in [1.82, 2.24) is 10.2 Å². The molecule has 2 N–H and O–H groups in total. The van der Waals surface area contributed by atoms with E-state index in [0.717, 1.165) is 32.5 Å². The summed E-state index contributed by atoms with van der Waals surface area (Å²) in [7, 11) is 0. The van der Waals surface area contributed by atoms with Gasteiger partial charge in [0, 0.05) is 31.7 Å². The summed E-state index contributed by atoms with van der Waals surface area (Å²) in [5.74, 6) is -1.26. The van der Waals surface area contributed by atoms with E-state index in [1.54, 1.807) is 12.1 Å². The zero-order chi connectivity index (χ0) is 17.6. The quantitative estimate of drug-likeness (QED) is 0.794. The molecule has 0 aromatic heterocycles. The smallest absolute Gasteiger partial charge is 0.335 e. The van der Waals surface area contributed by atoms with E-state index in [0.29, 0.717) is 12.1 Å². The zero-order valence-electron chi connectivity index (χ0n) is 14.1. The molecule has 1 heterocycles. The topological polar surface area (TPSA) is 69.6 Å². The molecular formula is C20H22N2O3. The van der Waals surface area contributed by atoms with Crippen LogP contribution in [0, 0.1) is 0 Å². The standard InChI is InChI=1S/C20H22N2O3/c23-19(16-7-3-8-17(13-16)20(24)25)21-10-4-11-22-12-9-15-5-1-2-6-18(15)14-22/h1-3,5-8,13H,4,9-12,14H2,(H,21,23)(H,24,25). The van der Waals surface area contributed by atoms with Gasteiger partial charge in [-0.25, -0.2) is 4.79 Å². The average molecular weight is 338 g/mol. The second-order valence-electron chi connectivity index (χ2n) is 6.29. The summed E-state index contributed by atoms with van der Waals surface area (Å²) in [6, 6.07) is 14.6. The molecule has 0 fully saturated rings. The van der Waals surface area contributed by atoms with Gasteiger partial charge in [0.05, 0.1) is 5.56 Å². The normalized spacial score (nSPS) is 13.9. The average Bonchev–Trinajstić information content (AvgIpc) is 2.65. The number of carbonyl (C=O) groups excluding carboxylic acids is 1. The Kier molecular flexibility index (Phi) is 5.46. The number of carbonyl (C=O) groups is 2. The number of benzene rings is 2. The minimum atomic E-state index is -1.03. The van der Waals surface area contributed by atoms with Gasteiger partial charge in [0.1, 0.15) is 0 Å². The van der Waals surface area contributed by atoms with Crippen LogP contribution in [0.15, 0.2) is 48.5 Å². The Balaban J connectivity index is 1.44. The third-order valence-electron chi connectivity index (χ3n) is 4.52. The second-order valence-corrected chi connectivity index (χ2v) is 6.29. The van der Waals surface area contributed by atoms with Crippen molar-refractivity contribution in [3.63, 3.8) is 0 Å². The SMILES string of the molecule is O=C(O)c1cccc(C(=O)NCCCN2CCc3ccccc3C2)c1. The molecule has 0 radical (unpaired) electrons. The first-order chi connectivity index (χ1) is 12.1. The third-order valence-corrected chi connectivity index (χ3v) is 4.52. The van der Waals surface area contributed by atoms with Crippen LogP contribution < -0.4 is 5.32 Å². The van der Waals surface area contributed by atoms with E-state index in [9.17, 15) is 9.59 Å². The van der Waals surface area contributed by atoms with Crippen molar-refractivity contribution < 1.29 is 14.7 Å². The van der Waals surface area contributed by atoms with Crippen LogP contribution in [-0.2, 0) is 13.0 Å². The molecule has 5 nitrogen and oxygen atoms in total. The Morgan fingerprint density at radius 3 is 2.60 bits per heavy atom. The molecule has 1 amide bonds. The van der Waals surface area contributed by atoms with E-state index in [1.165, 1.54) is 23.3 Å². The van der Waals surface area contributed by atoms with Crippen molar-refractivity contribution >= 4 is 11.9 Å². The molecule has 1 aliphatic rings. The monoisotopic (exact) mass is 338 g/mol. The van der Waals surface area contributed by atoms with Crippen LogP contribution in [0.5, 0.6) is 0 Å². The summed E-state index contributed by atoms with van der Waals surface area (Å²) in [5, 5.41) is 11.8. The lowest BCUT2D eigenvalue weighted by Gasteiger charge is -2.28. The van der Waals surface area contributed by atoms with E-state index in [-0.39, 0.29) is 11.5 Å². The summed E-state index contributed by atoms with van der Waals surface area (Å²) in [6.07, 6.45) is 1.94. The van der Waals surface area contributed by atoms with Crippen LogP contribution in [-0.4, -0.2) is 41.5 Å². The van der Waals surface area contributed by atoms with Gasteiger partial charge >= 0.3 is 5.97 Å². The van der Waals surface area contributed by atoms with Gasteiger partial charge in [-0.3, -0.25) is 9.69 Å². The lowest BCUT2D eigenvalue weighted by Crippen LogP contribution is -2.33. The Morgan fingerprint density at radius 2 is 1.80 bits per heavy atom. The highest BCUT2D eigenvalue weighted by atomic mass is 16.4. The summed E-state index contributed by atoms with van der Waals surface area (Å²) in [5.41, 5.74) is 3.33. The van der Waals surface area contributed by atoms with Crippen LogP contribution >= 0.6 is 0 Å². The van der Waals surface area contributed by atoms with Gasteiger partial charge in [-0.1, -0.05) is 30.3 Å². The van der Waals surface area contributed by atoms with Crippen molar-refractivity contribution in [2.45, 2.75) is 19.4 Å². The highest BCUT2D eigenvalue weighted by Crippen LogP contribution is 2.18. The molecule has 2 aromatic carbocycles. The Bertz CT molecular complexity index is 773. The van der Waals surface area contributed by atoms with Crippen LogP contribution in [0.1, 0.15) is 38.3 Å². The summed E-state index contributed by atoms with van der Waals surface area (Å²) < 4.78 is 0. The van der Waals surface area contributed by atoms with E-state index >= 15 is 0 Å². The van der Waals surface area contributed by atoms with Gasteiger partial charge in [-0.2, -0.15) is 0 Å². The number of nitrogens with zero attached hydrogens (tertiary/aromatic N) is 1. The van der Waals surface area contributed by atoms with E-state index in [4.69, 9.17) is 5.11 Å². The zero-order valence-corrected chi connectivity index (χ0v) is 14.1. The van der Waals surface area contributed by atoms with Gasteiger partial charge in [0.25, 0.3) is 5.91 Å². The molecule has 0 saturated carbocycles. The third kappa shape index (κ3) is 4.45. The first kappa shape index (κ1) is 17.2. The molecule has 0 saturated heterocycles. The molecule has 0 atom stereocenters. The minimum Gasteiger partial charge on any atom is -0.478 e. The molecular weight excluding hydrogens is 316 g/mol. The minimum absolute atomic E-state index is 0.125. The summed E-state index contributed by atoms with van der Waals surface area (Å²) in [4.78, 5) is 25.5. The molecule has 2 aromatic rings. The molecule has 5 heteroatoms. The van der Waals surface area contributed by atoms with Crippen LogP contribution in [0.2, 0.25) is 0 Å². The summed E-state index contributed by atoms with van der Waals surface area (Å²) in [6.45, 7) is 3.52. The fraction of sp³-hybridized carbons (Fsp3) is 0.300. The molecule has 0 aliphatic carbocycles. The van der Waals surface area contributed by atoms with Gasteiger partial charge < -0.3 is 10.4 Å². The van der Waals surface area contributed by atoms with E-state index in [2.05, 4.69) is 34.5 Å². The number of fused-ring (bicyclic) bond motifs is 1. The molecule has 25 heavy (non-hydrogen) atoms. The molecule has 3 rings (SSSR count). The molecule has 0 bridgehead atoms. The van der Waals surface area contributed by atoms with Crippen LogP contribution in [0.3, 0.4) is 0 Å². The van der Waals surface area contributed by atoms with Gasteiger partial charge in [0.2, 0.25) is 0 Å². The highest BCUT2D eigenvalue weighted by Gasteiger charge is 2.15. The predicted octanol–water partition coefficient (Wildman–Crippen LogP) is 2.56. The number of amides is 1. The maximum absolute atomic E-state index is 12.1. The van der Waals surface area contributed by atoms with Gasteiger partial charge in [0.15, 0.2) is 0 Å². The number of carboxylic acids is 1. The molecule has 1 aliphatic heterocycles.